The normalized spacial score (nSPS) is 16.4. The van der Waals surface area contributed by atoms with Crippen molar-refractivity contribution in [3.63, 3.8) is 0 Å². The number of carbonyl (C=O) groups is 2. The quantitative estimate of drug-likeness (QED) is 0.705. The van der Waals surface area contributed by atoms with Gasteiger partial charge < -0.3 is 10.6 Å². The van der Waals surface area contributed by atoms with E-state index < -0.39 is 0 Å². The third-order valence-corrected chi connectivity index (χ3v) is 5.34. The number of thioether (sulfide) groups is 1. The molecule has 0 aliphatic carbocycles. The SMILES string of the molecule is O=C1C[C@@H](c2ccccc2)N=C(SCC(=O)Nc2ccc3ccccc3c2)N1. The molecule has 1 heterocycles. The number of amides is 2. The van der Waals surface area contributed by atoms with Gasteiger partial charge in [0, 0.05) is 5.69 Å². The number of hydrogen-bond acceptors (Lipinski definition) is 4. The molecule has 0 bridgehead atoms. The molecule has 0 unspecified atom stereocenters. The van der Waals surface area contributed by atoms with E-state index in [-0.39, 0.29) is 23.6 Å². The second kappa shape index (κ2) is 8.27. The number of rotatable bonds is 4. The first-order valence-electron chi connectivity index (χ1n) is 9.01. The molecule has 140 valence electrons. The van der Waals surface area contributed by atoms with Gasteiger partial charge >= 0.3 is 0 Å². The van der Waals surface area contributed by atoms with Crippen LogP contribution in [0.25, 0.3) is 10.8 Å². The molecule has 6 heteroatoms. The van der Waals surface area contributed by atoms with E-state index in [4.69, 9.17) is 0 Å². The molecule has 3 aromatic carbocycles. The number of nitrogens with one attached hydrogen (secondary N) is 2. The molecular formula is C22H19N3O2S. The fourth-order valence-electron chi connectivity index (χ4n) is 3.10. The fraction of sp³-hybridized carbons (Fsp3) is 0.136. The van der Waals surface area contributed by atoms with Crippen LogP contribution in [0, 0.1) is 0 Å². The monoisotopic (exact) mass is 389 g/mol. The first-order valence-corrected chi connectivity index (χ1v) is 10.00. The van der Waals surface area contributed by atoms with Crippen LogP contribution in [0.15, 0.2) is 77.8 Å². The summed E-state index contributed by atoms with van der Waals surface area (Å²) in [7, 11) is 0. The standard InChI is InChI=1S/C22H19N3O2S/c26-20-13-19(16-7-2-1-3-8-16)24-22(25-20)28-14-21(27)23-18-11-10-15-6-4-5-9-17(15)12-18/h1-12,19H,13-14H2,(H,23,27)(H,24,25,26)/t19-/m0/s1. The lowest BCUT2D eigenvalue weighted by atomic mass is 10.0. The lowest BCUT2D eigenvalue weighted by molar-refractivity contribution is -0.120. The van der Waals surface area contributed by atoms with Crippen molar-refractivity contribution in [1.29, 1.82) is 0 Å². The summed E-state index contributed by atoms with van der Waals surface area (Å²) in [6, 6.07) is 23.3. The van der Waals surface area contributed by atoms with Crippen LogP contribution in [-0.4, -0.2) is 22.7 Å². The Morgan fingerprint density at radius 2 is 1.79 bits per heavy atom. The van der Waals surface area contributed by atoms with Crippen molar-refractivity contribution in [3.8, 4) is 0 Å². The number of hydrogen-bond donors (Lipinski definition) is 2. The minimum Gasteiger partial charge on any atom is -0.325 e. The van der Waals surface area contributed by atoms with Gasteiger partial charge in [0.15, 0.2) is 5.17 Å². The van der Waals surface area contributed by atoms with E-state index in [2.05, 4.69) is 15.6 Å². The molecule has 4 rings (SSSR count). The number of amidine groups is 1. The molecule has 0 aromatic heterocycles. The lowest BCUT2D eigenvalue weighted by Crippen LogP contribution is -2.35. The van der Waals surface area contributed by atoms with E-state index >= 15 is 0 Å². The Labute approximate surface area is 167 Å². The molecule has 2 N–H and O–H groups in total. The zero-order chi connectivity index (χ0) is 19.3. The zero-order valence-electron chi connectivity index (χ0n) is 15.1. The van der Waals surface area contributed by atoms with Gasteiger partial charge in [-0.05, 0) is 28.5 Å². The Morgan fingerprint density at radius 1 is 1.04 bits per heavy atom. The summed E-state index contributed by atoms with van der Waals surface area (Å²) in [4.78, 5) is 28.9. The summed E-state index contributed by atoms with van der Waals surface area (Å²) in [5, 5.41) is 8.34. The van der Waals surface area contributed by atoms with Crippen molar-refractivity contribution >= 4 is 45.2 Å². The van der Waals surface area contributed by atoms with Crippen LogP contribution in [0.3, 0.4) is 0 Å². The van der Waals surface area contributed by atoms with Crippen molar-refractivity contribution in [2.45, 2.75) is 12.5 Å². The second-order valence-electron chi connectivity index (χ2n) is 6.51. The van der Waals surface area contributed by atoms with Gasteiger partial charge in [0.2, 0.25) is 11.8 Å². The maximum Gasteiger partial charge on any atom is 0.234 e. The van der Waals surface area contributed by atoms with Crippen LogP contribution < -0.4 is 10.6 Å². The highest BCUT2D eigenvalue weighted by Crippen LogP contribution is 2.25. The topological polar surface area (TPSA) is 70.6 Å². The molecule has 5 nitrogen and oxygen atoms in total. The summed E-state index contributed by atoms with van der Waals surface area (Å²) >= 11 is 1.24. The van der Waals surface area contributed by atoms with Gasteiger partial charge in [0.1, 0.15) is 0 Å². The van der Waals surface area contributed by atoms with Gasteiger partial charge in [-0.3, -0.25) is 14.6 Å². The summed E-state index contributed by atoms with van der Waals surface area (Å²) < 4.78 is 0. The minimum absolute atomic E-state index is 0.0821. The summed E-state index contributed by atoms with van der Waals surface area (Å²) in [5.41, 5.74) is 1.75. The Morgan fingerprint density at radius 3 is 2.61 bits per heavy atom. The molecule has 0 saturated heterocycles. The molecule has 0 radical (unpaired) electrons. The van der Waals surface area contributed by atoms with Crippen molar-refractivity contribution in [3.05, 3.63) is 78.4 Å². The molecule has 28 heavy (non-hydrogen) atoms. The third-order valence-electron chi connectivity index (χ3n) is 4.46. The Balaban J connectivity index is 1.39. The predicted molar refractivity (Wildman–Crippen MR) is 114 cm³/mol. The summed E-state index contributed by atoms with van der Waals surface area (Å²) in [6.07, 6.45) is 0.317. The molecule has 3 aromatic rings. The zero-order valence-corrected chi connectivity index (χ0v) is 15.9. The van der Waals surface area contributed by atoms with Crippen LogP contribution in [0.1, 0.15) is 18.0 Å². The van der Waals surface area contributed by atoms with Crippen molar-refractivity contribution in [2.24, 2.45) is 4.99 Å². The van der Waals surface area contributed by atoms with Gasteiger partial charge in [0.05, 0.1) is 18.2 Å². The molecule has 1 atom stereocenters. The van der Waals surface area contributed by atoms with Gasteiger partial charge in [-0.1, -0.05) is 72.4 Å². The van der Waals surface area contributed by atoms with Crippen molar-refractivity contribution < 1.29 is 9.59 Å². The van der Waals surface area contributed by atoms with Gasteiger partial charge in [-0.15, -0.1) is 0 Å². The Bertz CT molecular complexity index is 1050. The number of anilines is 1. The van der Waals surface area contributed by atoms with Crippen LogP contribution in [-0.2, 0) is 9.59 Å². The number of nitrogens with zero attached hydrogens (tertiary/aromatic N) is 1. The average Bonchev–Trinajstić information content (AvgIpc) is 2.72. The maximum absolute atomic E-state index is 12.3. The molecule has 0 saturated carbocycles. The van der Waals surface area contributed by atoms with Crippen molar-refractivity contribution in [2.75, 3.05) is 11.1 Å². The smallest absolute Gasteiger partial charge is 0.234 e. The Hall–Kier alpha value is -3.12. The minimum atomic E-state index is -0.207. The van der Waals surface area contributed by atoms with Crippen LogP contribution in [0.4, 0.5) is 5.69 Å². The van der Waals surface area contributed by atoms with E-state index in [1.54, 1.807) is 0 Å². The van der Waals surface area contributed by atoms with Crippen LogP contribution in [0.2, 0.25) is 0 Å². The first-order chi connectivity index (χ1) is 13.7. The number of carbonyl (C=O) groups excluding carboxylic acids is 2. The molecule has 0 fully saturated rings. The summed E-state index contributed by atoms with van der Waals surface area (Å²) in [6.45, 7) is 0. The second-order valence-corrected chi connectivity index (χ2v) is 7.48. The molecule has 0 spiro atoms. The largest absolute Gasteiger partial charge is 0.325 e. The highest BCUT2D eigenvalue weighted by atomic mass is 32.2. The van der Waals surface area contributed by atoms with E-state index in [9.17, 15) is 9.59 Å². The molecular weight excluding hydrogens is 370 g/mol. The van der Waals surface area contributed by atoms with Crippen molar-refractivity contribution in [1.82, 2.24) is 5.32 Å². The number of fused-ring (bicyclic) bond motifs is 1. The number of aliphatic imine (C=N–C) groups is 1. The predicted octanol–water partition coefficient (Wildman–Crippen LogP) is 4.13. The molecule has 1 aliphatic rings. The highest BCUT2D eigenvalue weighted by molar-refractivity contribution is 8.14. The van der Waals surface area contributed by atoms with Gasteiger partial charge in [-0.2, -0.15) is 0 Å². The maximum atomic E-state index is 12.3. The van der Waals surface area contributed by atoms with E-state index in [0.717, 1.165) is 22.0 Å². The van der Waals surface area contributed by atoms with E-state index in [1.807, 2.05) is 72.8 Å². The number of benzene rings is 3. The first kappa shape index (κ1) is 18.3. The fourth-order valence-corrected chi connectivity index (χ4v) is 3.83. The Kier molecular flexibility index (Phi) is 5.39. The average molecular weight is 389 g/mol. The van der Waals surface area contributed by atoms with Gasteiger partial charge in [-0.25, -0.2) is 0 Å². The lowest BCUT2D eigenvalue weighted by Gasteiger charge is -2.20. The van der Waals surface area contributed by atoms with Gasteiger partial charge in [0.25, 0.3) is 0 Å². The van der Waals surface area contributed by atoms with E-state index in [0.29, 0.717) is 11.6 Å². The van der Waals surface area contributed by atoms with Crippen LogP contribution >= 0.6 is 11.8 Å². The van der Waals surface area contributed by atoms with Crippen LogP contribution in [0.5, 0.6) is 0 Å². The molecule has 2 amide bonds. The molecule has 1 aliphatic heterocycles. The highest BCUT2D eigenvalue weighted by Gasteiger charge is 2.23. The third kappa shape index (κ3) is 4.40. The summed E-state index contributed by atoms with van der Waals surface area (Å²) in [5.74, 6) is -0.0478. The van der Waals surface area contributed by atoms with E-state index in [1.165, 1.54) is 11.8 Å².